The molecule has 0 amide bonds. The predicted octanol–water partition coefficient (Wildman–Crippen LogP) is 1.68. The Kier molecular flexibility index (Phi) is 15.9. The molecule has 4 heteroatoms. The molecule has 0 aliphatic heterocycles. The molecule has 0 aromatic heterocycles. The molecule has 0 radical (unpaired) electrons. The van der Waals surface area contributed by atoms with Crippen LogP contribution in [0.4, 0.5) is 0 Å². The number of hydrogen-bond acceptors (Lipinski definition) is 3. The zero-order valence-corrected chi connectivity index (χ0v) is 8.82. The van der Waals surface area contributed by atoms with Gasteiger partial charge < -0.3 is 5.11 Å². The van der Waals surface area contributed by atoms with Crippen molar-refractivity contribution in [2.45, 2.75) is 20.0 Å². The summed E-state index contributed by atoms with van der Waals surface area (Å²) in [6.07, 6.45) is -0.167. The summed E-state index contributed by atoms with van der Waals surface area (Å²) in [6, 6.07) is 0. The molecule has 0 unspecified atom stereocenters. The van der Waals surface area contributed by atoms with Gasteiger partial charge >= 0.3 is 34.6 Å². The molecule has 0 spiro atoms. The van der Waals surface area contributed by atoms with Gasteiger partial charge in [0.25, 0.3) is 0 Å². The second-order valence-electron chi connectivity index (χ2n) is 1.16. The minimum atomic E-state index is -0.583. The molecule has 0 saturated heterocycles. The van der Waals surface area contributed by atoms with Gasteiger partial charge in [0, 0.05) is 6.10 Å². The van der Waals surface area contributed by atoms with E-state index in [4.69, 9.17) is 5.11 Å². The third-order valence-electron chi connectivity index (χ3n) is 0. The average molecular weight is 308 g/mol. The zero-order valence-electron chi connectivity index (χ0n) is 4.25. The van der Waals surface area contributed by atoms with Gasteiger partial charge in [-0.25, -0.2) is 0 Å². The van der Waals surface area contributed by atoms with Crippen LogP contribution in [0.3, 0.4) is 0 Å². The summed E-state index contributed by atoms with van der Waals surface area (Å²) < 4.78 is 0. The monoisotopic (exact) mass is 308 g/mol. The summed E-state index contributed by atoms with van der Waals surface area (Å²) in [7, 11) is 8.75. The van der Waals surface area contributed by atoms with E-state index in [0.717, 1.165) is 0 Å². The standard InChI is InChI=1S/C3H8O.2S.W/c1-3(2)4;;;/h3-4H,1-2H3;;;. The number of hydrogen-bond donors (Lipinski definition) is 1. The Morgan fingerprint density at radius 3 is 1.43 bits per heavy atom. The summed E-state index contributed by atoms with van der Waals surface area (Å²) in [6.45, 7) is 3.44. The Morgan fingerprint density at radius 2 is 1.43 bits per heavy atom. The fourth-order valence-electron chi connectivity index (χ4n) is 0. The van der Waals surface area contributed by atoms with Crippen LogP contribution in [0.1, 0.15) is 13.8 Å². The van der Waals surface area contributed by atoms with Gasteiger partial charge in [0.15, 0.2) is 0 Å². The molecule has 0 aromatic rings. The van der Waals surface area contributed by atoms with Crippen molar-refractivity contribution in [3.05, 3.63) is 0 Å². The van der Waals surface area contributed by atoms with Crippen LogP contribution in [0.25, 0.3) is 0 Å². The van der Waals surface area contributed by atoms with Crippen LogP contribution in [0.5, 0.6) is 0 Å². The van der Waals surface area contributed by atoms with Crippen molar-refractivity contribution in [3.63, 3.8) is 0 Å². The third kappa shape index (κ3) is 155. The SMILES string of the molecule is CC(C)O.[S]=[W]=[S]. The van der Waals surface area contributed by atoms with Crippen molar-refractivity contribution in [1.82, 2.24) is 0 Å². The molecule has 0 fully saturated rings. The Bertz CT molecular complexity index is 55.2. The number of aliphatic hydroxyl groups is 1. The predicted molar refractivity (Wildman–Crippen MR) is 32.5 cm³/mol. The van der Waals surface area contributed by atoms with Gasteiger partial charge in [-0.05, 0) is 13.8 Å². The Balaban J connectivity index is 0. The summed E-state index contributed by atoms with van der Waals surface area (Å²) in [5.41, 5.74) is 0. The number of rotatable bonds is 0. The van der Waals surface area contributed by atoms with Gasteiger partial charge in [-0.3, -0.25) is 0 Å². The fraction of sp³-hybridized carbons (Fsp3) is 1.00. The first-order chi connectivity index (χ1) is 3.15. The zero-order chi connectivity index (χ0) is 6.28. The van der Waals surface area contributed by atoms with E-state index >= 15 is 0 Å². The van der Waals surface area contributed by atoms with Crippen molar-refractivity contribution < 1.29 is 20.0 Å². The molecule has 7 heavy (non-hydrogen) atoms. The first kappa shape index (κ1) is 11.0. The van der Waals surface area contributed by atoms with Crippen molar-refractivity contribution >= 4 is 19.6 Å². The van der Waals surface area contributed by atoms with Gasteiger partial charge in [0.1, 0.15) is 0 Å². The van der Waals surface area contributed by atoms with E-state index in [1.165, 1.54) is 0 Å². The van der Waals surface area contributed by atoms with Crippen LogP contribution in [-0.2, 0) is 14.9 Å². The van der Waals surface area contributed by atoms with Crippen molar-refractivity contribution in [3.8, 4) is 0 Å². The van der Waals surface area contributed by atoms with Crippen LogP contribution < -0.4 is 0 Å². The Morgan fingerprint density at radius 1 is 1.43 bits per heavy atom. The summed E-state index contributed by atoms with van der Waals surface area (Å²) in [5.74, 6) is 0. The van der Waals surface area contributed by atoms with Crippen LogP contribution in [-0.4, -0.2) is 11.2 Å². The van der Waals surface area contributed by atoms with Crippen LogP contribution in [0.2, 0.25) is 0 Å². The molecule has 44 valence electrons. The van der Waals surface area contributed by atoms with Crippen LogP contribution >= 0.6 is 19.6 Å². The Hall–Kier alpha value is 1.09. The summed E-state index contributed by atoms with van der Waals surface area (Å²) in [5, 5.41) is 8.06. The van der Waals surface area contributed by atoms with E-state index in [9.17, 15) is 0 Å². The topological polar surface area (TPSA) is 20.2 Å². The first-order valence-corrected chi connectivity index (χ1v) is 9.60. The normalized spacial score (nSPS) is 6.86. The second kappa shape index (κ2) is 10.1. The van der Waals surface area contributed by atoms with Crippen LogP contribution in [0, 0.1) is 0 Å². The molecule has 0 heterocycles. The van der Waals surface area contributed by atoms with E-state index in [1.54, 1.807) is 13.8 Å². The summed E-state index contributed by atoms with van der Waals surface area (Å²) in [4.78, 5) is 0. The first-order valence-electron chi connectivity index (χ1n) is 1.75. The maximum absolute atomic E-state index is 8.06. The van der Waals surface area contributed by atoms with E-state index in [-0.39, 0.29) is 6.10 Å². The minimum absolute atomic E-state index is 0.167. The van der Waals surface area contributed by atoms with Gasteiger partial charge in [-0.15, -0.1) is 0 Å². The van der Waals surface area contributed by atoms with E-state index in [2.05, 4.69) is 19.6 Å². The van der Waals surface area contributed by atoms with Crippen molar-refractivity contribution in [2.75, 3.05) is 0 Å². The van der Waals surface area contributed by atoms with Gasteiger partial charge in [-0.1, -0.05) is 0 Å². The molecule has 0 saturated carbocycles. The molecule has 1 N–H and O–H groups in total. The summed E-state index contributed by atoms with van der Waals surface area (Å²) >= 11 is -0.583. The molecule has 1 nitrogen and oxygen atoms in total. The van der Waals surface area contributed by atoms with Gasteiger partial charge in [0.2, 0.25) is 0 Å². The molecular weight excluding hydrogens is 300 g/mol. The molecule has 0 aliphatic carbocycles. The Labute approximate surface area is 59.5 Å². The maximum atomic E-state index is 8.06. The fourth-order valence-corrected chi connectivity index (χ4v) is 0. The van der Waals surface area contributed by atoms with Gasteiger partial charge in [-0.2, -0.15) is 0 Å². The quantitative estimate of drug-likeness (QED) is 0.735. The van der Waals surface area contributed by atoms with Crippen LogP contribution in [0.15, 0.2) is 0 Å². The van der Waals surface area contributed by atoms with E-state index in [0.29, 0.717) is 0 Å². The molecule has 0 aromatic carbocycles. The van der Waals surface area contributed by atoms with E-state index in [1.807, 2.05) is 0 Å². The average Bonchev–Trinajstić information content (AvgIpc) is 1.33. The molecule has 0 aliphatic rings. The second-order valence-corrected chi connectivity index (χ2v) is 6.11. The number of aliphatic hydroxyl groups excluding tert-OH is 1. The van der Waals surface area contributed by atoms with Gasteiger partial charge in [0.05, 0.1) is 0 Å². The molecule has 0 bridgehead atoms. The van der Waals surface area contributed by atoms with Crippen molar-refractivity contribution in [2.24, 2.45) is 0 Å². The van der Waals surface area contributed by atoms with Crippen molar-refractivity contribution in [1.29, 1.82) is 0 Å². The third-order valence-corrected chi connectivity index (χ3v) is 0. The molecular formula is C3H8OS2W. The van der Waals surface area contributed by atoms with E-state index < -0.39 is 14.9 Å². The molecule has 0 rings (SSSR count). The molecule has 0 atom stereocenters.